The van der Waals surface area contributed by atoms with Crippen molar-refractivity contribution in [2.24, 2.45) is 0 Å². The molecule has 7 heteroatoms. The Morgan fingerprint density at radius 3 is 2.47 bits per heavy atom. The van der Waals surface area contributed by atoms with E-state index in [-0.39, 0.29) is 11.8 Å². The number of hydrogen-bond acceptors (Lipinski definition) is 4. The monoisotopic (exact) mass is 454 g/mol. The number of hydrogen-bond donors (Lipinski definition) is 2. The molecule has 172 valence electrons. The fourth-order valence-electron chi connectivity index (χ4n) is 3.70. The highest BCUT2D eigenvalue weighted by Gasteiger charge is 2.20. The summed E-state index contributed by atoms with van der Waals surface area (Å²) in [5, 5.41) is 10.3. The minimum atomic E-state index is -0.284. The Kier molecular flexibility index (Phi) is 6.73. The van der Waals surface area contributed by atoms with Crippen LogP contribution in [0.4, 0.5) is 5.69 Å². The quantitative estimate of drug-likeness (QED) is 0.430. The molecule has 2 N–H and O–H groups in total. The van der Waals surface area contributed by atoms with Crippen LogP contribution in [-0.4, -0.2) is 35.8 Å². The summed E-state index contributed by atoms with van der Waals surface area (Å²) in [5.41, 5.74) is 4.81. The second-order valence-electron chi connectivity index (χ2n) is 7.87. The van der Waals surface area contributed by atoms with E-state index in [0.29, 0.717) is 34.8 Å². The molecule has 0 radical (unpaired) electrons. The number of nitrogens with one attached hydrogen (secondary N) is 2. The molecule has 0 aliphatic carbocycles. The van der Waals surface area contributed by atoms with Crippen LogP contribution in [-0.2, 0) is 6.54 Å². The highest BCUT2D eigenvalue weighted by molar-refractivity contribution is 6.08. The summed E-state index contributed by atoms with van der Waals surface area (Å²) in [6, 6.07) is 22.6. The standard InChI is InChI=1S/C27H26N4O3/c1-18-14-21(26(32)28-2)12-13-24(18)29-27(33)23-17-31(16-19-8-5-4-6-9-19)30-25(23)20-10-7-11-22(15-20)34-3/h4-15,17H,16H2,1-3H3,(H,28,32)(H,29,33). The zero-order valence-electron chi connectivity index (χ0n) is 19.3. The first kappa shape index (κ1) is 22.8. The molecule has 4 rings (SSSR count). The van der Waals surface area contributed by atoms with Gasteiger partial charge in [0, 0.05) is 30.1 Å². The van der Waals surface area contributed by atoms with Crippen molar-refractivity contribution in [3.05, 3.63) is 101 Å². The van der Waals surface area contributed by atoms with Gasteiger partial charge in [0.25, 0.3) is 11.8 Å². The largest absolute Gasteiger partial charge is 0.497 e. The molecule has 0 unspecified atom stereocenters. The molecule has 2 amide bonds. The molecule has 34 heavy (non-hydrogen) atoms. The molecule has 1 aromatic heterocycles. The maximum absolute atomic E-state index is 13.4. The summed E-state index contributed by atoms with van der Waals surface area (Å²) in [6.45, 7) is 2.38. The molecule has 3 aromatic carbocycles. The van der Waals surface area contributed by atoms with Crippen LogP contribution in [0.15, 0.2) is 79.0 Å². The summed E-state index contributed by atoms with van der Waals surface area (Å²) in [7, 11) is 3.19. The molecule has 0 saturated heterocycles. The Balaban J connectivity index is 1.69. The first-order valence-electron chi connectivity index (χ1n) is 10.9. The molecule has 0 spiro atoms. The maximum atomic E-state index is 13.4. The third-order valence-electron chi connectivity index (χ3n) is 5.50. The molecule has 0 saturated carbocycles. The van der Waals surface area contributed by atoms with Crippen LogP contribution < -0.4 is 15.4 Å². The average Bonchev–Trinajstić information content (AvgIpc) is 3.29. The van der Waals surface area contributed by atoms with E-state index in [2.05, 4.69) is 10.6 Å². The lowest BCUT2D eigenvalue weighted by Crippen LogP contribution is -2.18. The Bertz CT molecular complexity index is 1330. The Morgan fingerprint density at radius 2 is 1.76 bits per heavy atom. The lowest BCUT2D eigenvalue weighted by atomic mass is 10.1. The summed E-state index contributed by atoms with van der Waals surface area (Å²) in [4.78, 5) is 25.3. The van der Waals surface area contributed by atoms with Crippen molar-refractivity contribution in [3.63, 3.8) is 0 Å². The van der Waals surface area contributed by atoms with Gasteiger partial charge >= 0.3 is 0 Å². The van der Waals surface area contributed by atoms with Crippen LogP contribution in [0.5, 0.6) is 5.75 Å². The number of methoxy groups -OCH3 is 1. The fraction of sp³-hybridized carbons (Fsp3) is 0.148. The van der Waals surface area contributed by atoms with Gasteiger partial charge in [-0.2, -0.15) is 5.10 Å². The number of ether oxygens (including phenoxy) is 1. The highest BCUT2D eigenvalue weighted by atomic mass is 16.5. The van der Waals surface area contributed by atoms with E-state index in [0.717, 1.165) is 16.7 Å². The van der Waals surface area contributed by atoms with Gasteiger partial charge in [-0.25, -0.2) is 0 Å². The van der Waals surface area contributed by atoms with Crippen molar-refractivity contribution < 1.29 is 14.3 Å². The molecule has 7 nitrogen and oxygen atoms in total. The number of rotatable bonds is 7. The molecule has 0 aliphatic heterocycles. The average molecular weight is 455 g/mol. The summed E-state index contributed by atoms with van der Waals surface area (Å²) in [5.74, 6) is 0.221. The van der Waals surface area contributed by atoms with Gasteiger partial charge in [-0.3, -0.25) is 14.3 Å². The van der Waals surface area contributed by atoms with E-state index in [1.54, 1.807) is 43.2 Å². The lowest BCUT2D eigenvalue weighted by molar-refractivity contribution is 0.0962. The van der Waals surface area contributed by atoms with E-state index >= 15 is 0 Å². The van der Waals surface area contributed by atoms with Crippen LogP contribution in [0.1, 0.15) is 31.8 Å². The number of aryl methyl sites for hydroxylation is 1. The second-order valence-corrected chi connectivity index (χ2v) is 7.87. The predicted octanol–water partition coefficient (Wildman–Crippen LogP) is 4.53. The van der Waals surface area contributed by atoms with Gasteiger partial charge in [-0.1, -0.05) is 42.5 Å². The first-order chi connectivity index (χ1) is 16.5. The van der Waals surface area contributed by atoms with Gasteiger partial charge in [0.2, 0.25) is 0 Å². The number of anilines is 1. The Labute approximate surface area is 198 Å². The number of carbonyl (C=O) groups is 2. The predicted molar refractivity (Wildman–Crippen MR) is 132 cm³/mol. The van der Waals surface area contributed by atoms with E-state index in [1.807, 2.05) is 61.5 Å². The fourth-order valence-corrected chi connectivity index (χ4v) is 3.70. The van der Waals surface area contributed by atoms with E-state index in [9.17, 15) is 9.59 Å². The van der Waals surface area contributed by atoms with Gasteiger partial charge in [0.1, 0.15) is 11.4 Å². The SMILES string of the molecule is CNC(=O)c1ccc(NC(=O)c2cn(Cc3ccccc3)nc2-c2cccc(OC)c2)c(C)c1. The maximum Gasteiger partial charge on any atom is 0.259 e. The van der Waals surface area contributed by atoms with Crippen LogP contribution in [0.25, 0.3) is 11.3 Å². The number of benzene rings is 3. The smallest absolute Gasteiger partial charge is 0.259 e. The van der Waals surface area contributed by atoms with Crippen molar-refractivity contribution >= 4 is 17.5 Å². The van der Waals surface area contributed by atoms with Crippen molar-refractivity contribution in [2.45, 2.75) is 13.5 Å². The highest BCUT2D eigenvalue weighted by Crippen LogP contribution is 2.27. The number of nitrogens with zero attached hydrogens (tertiary/aromatic N) is 2. The van der Waals surface area contributed by atoms with Crippen LogP contribution >= 0.6 is 0 Å². The van der Waals surface area contributed by atoms with Crippen LogP contribution in [0, 0.1) is 6.92 Å². The summed E-state index contributed by atoms with van der Waals surface area (Å²) >= 11 is 0. The molecule has 4 aromatic rings. The Morgan fingerprint density at radius 1 is 0.971 bits per heavy atom. The molecule has 0 bridgehead atoms. The van der Waals surface area contributed by atoms with Crippen LogP contribution in [0.3, 0.4) is 0 Å². The second kappa shape index (κ2) is 10.0. The van der Waals surface area contributed by atoms with Gasteiger partial charge in [0.15, 0.2) is 0 Å². The zero-order valence-corrected chi connectivity index (χ0v) is 19.3. The van der Waals surface area contributed by atoms with Crippen molar-refractivity contribution in [2.75, 3.05) is 19.5 Å². The van der Waals surface area contributed by atoms with Crippen LogP contribution in [0.2, 0.25) is 0 Å². The zero-order chi connectivity index (χ0) is 24.1. The molecule has 0 aliphatic rings. The van der Waals surface area contributed by atoms with Crippen molar-refractivity contribution in [1.82, 2.24) is 15.1 Å². The lowest BCUT2D eigenvalue weighted by Gasteiger charge is -2.10. The van der Waals surface area contributed by atoms with Gasteiger partial charge < -0.3 is 15.4 Å². The van der Waals surface area contributed by atoms with Gasteiger partial charge in [0.05, 0.1) is 19.2 Å². The summed E-state index contributed by atoms with van der Waals surface area (Å²) < 4.78 is 7.13. The number of carbonyl (C=O) groups excluding carboxylic acids is 2. The van der Waals surface area contributed by atoms with Gasteiger partial charge in [-0.05, 0) is 48.4 Å². The van der Waals surface area contributed by atoms with E-state index in [4.69, 9.17) is 9.84 Å². The summed E-state index contributed by atoms with van der Waals surface area (Å²) in [6.07, 6.45) is 1.76. The van der Waals surface area contributed by atoms with E-state index in [1.165, 1.54) is 0 Å². The molecule has 1 heterocycles. The third-order valence-corrected chi connectivity index (χ3v) is 5.50. The third kappa shape index (κ3) is 4.99. The van der Waals surface area contributed by atoms with Crippen molar-refractivity contribution in [3.8, 4) is 17.0 Å². The normalized spacial score (nSPS) is 10.6. The Hall–Kier alpha value is -4.39. The molecule has 0 fully saturated rings. The van der Waals surface area contributed by atoms with Gasteiger partial charge in [-0.15, -0.1) is 0 Å². The molecule has 0 atom stereocenters. The minimum absolute atomic E-state index is 0.177. The topological polar surface area (TPSA) is 85.3 Å². The molecular weight excluding hydrogens is 428 g/mol. The van der Waals surface area contributed by atoms with Crippen molar-refractivity contribution in [1.29, 1.82) is 0 Å². The molecular formula is C27H26N4O3. The number of aromatic nitrogens is 2. The minimum Gasteiger partial charge on any atom is -0.497 e. The van der Waals surface area contributed by atoms with E-state index < -0.39 is 0 Å². The number of amides is 2. The first-order valence-corrected chi connectivity index (χ1v) is 10.9.